The highest BCUT2D eigenvalue weighted by Gasteiger charge is 2.37. The Morgan fingerprint density at radius 2 is 1.90 bits per heavy atom. The molecule has 1 aliphatic heterocycles. The average molecular weight is 723 g/mol. The Kier molecular flexibility index (Phi) is 13.7. The lowest BCUT2D eigenvalue weighted by Crippen LogP contribution is -2.54. The summed E-state index contributed by atoms with van der Waals surface area (Å²) in [4.78, 5) is 38.2. The summed E-state index contributed by atoms with van der Waals surface area (Å²) in [7, 11) is 3.56. The van der Waals surface area contributed by atoms with Gasteiger partial charge in [0.05, 0.1) is 45.8 Å². The van der Waals surface area contributed by atoms with E-state index in [2.05, 4.69) is 66.1 Å². The van der Waals surface area contributed by atoms with E-state index in [0.717, 1.165) is 52.5 Å². The molecule has 1 unspecified atom stereocenters. The van der Waals surface area contributed by atoms with E-state index in [1.54, 1.807) is 35.1 Å². The third-order valence-electron chi connectivity index (χ3n) is 9.78. The summed E-state index contributed by atoms with van der Waals surface area (Å²) in [6.45, 7) is 9.26. The molecule has 0 saturated heterocycles. The zero-order valence-corrected chi connectivity index (χ0v) is 31.9. The molecular formula is C38H54N6O4S2. The van der Waals surface area contributed by atoms with Crippen LogP contribution in [0.1, 0.15) is 93.3 Å². The molecule has 3 heterocycles. The zero-order valence-electron chi connectivity index (χ0n) is 30.3. The van der Waals surface area contributed by atoms with Crippen LogP contribution in [0.5, 0.6) is 0 Å². The number of hydrogen-bond acceptors (Lipinski definition) is 9. The minimum absolute atomic E-state index is 0.106. The number of allylic oxidation sites excluding steroid dienone is 1. The maximum atomic E-state index is 13.7. The largest absolute Gasteiger partial charge is 0.444 e. The first-order valence-corrected chi connectivity index (χ1v) is 19.7. The van der Waals surface area contributed by atoms with Gasteiger partial charge in [-0.05, 0) is 61.5 Å². The van der Waals surface area contributed by atoms with Crippen molar-refractivity contribution in [2.24, 2.45) is 11.8 Å². The number of methoxy groups -OCH3 is 1. The number of rotatable bonds is 15. The molecule has 0 radical (unpaired) electrons. The van der Waals surface area contributed by atoms with Crippen molar-refractivity contribution in [2.75, 3.05) is 14.2 Å². The van der Waals surface area contributed by atoms with E-state index in [1.807, 2.05) is 25.2 Å². The first-order chi connectivity index (χ1) is 24.1. The number of ether oxygens (including phenoxy) is 2. The number of fused-ring (bicyclic) bond motifs is 1. The highest BCUT2D eigenvalue weighted by Crippen LogP contribution is 2.40. The monoisotopic (exact) mass is 722 g/mol. The summed E-state index contributed by atoms with van der Waals surface area (Å²) in [5, 5.41) is 13.6. The van der Waals surface area contributed by atoms with Crippen molar-refractivity contribution in [2.45, 2.75) is 116 Å². The van der Waals surface area contributed by atoms with E-state index >= 15 is 0 Å². The summed E-state index contributed by atoms with van der Waals surface area (Å²) in [6, 6.07) is 9.69. The highest BCUT2D eigenvalue weighted by molar-refractivity contribution is 7.09. The van der Waals surface area contributed by atoms with Gasteiger partial charge in [-0.2, -0.15) is 0 Å². The van der Waals surface area contributed by atoms with Crippen molar-refractivity contribution < 1.29 is 19.1 Å². The van der Waals surface area contributed by atoms with E-state index in [-0.39, 0.29) is 42.8 Å². The number of alkyl carbamates (subject to hydrolysis) is 1. The molecule has 2 aromatic heterocycles. The first-order valence-electron chi connectivity index (χ1n) is 17.9. The molecule has 1 saturated carbocycles. The van der Waals surface area contributed by atoms with Crippen molar-refractivity contribution in [3.63, 3.8) is 0 Å². The van der Waals surface area contributed by atoms with E-state index in [1.165, 1.54) is 23.3 Å². The molecule has 272 valence electrons. The van der Waals surface area contributed by atoms with Gasteiger partial charge < -0.3 is 30.3 Å². The quantitative estimate of drug-likeness (QED) is 0.148. The Balaban J connectivity index is 1.31. The Labute approximate surface area is 305 Å². The molecule has 2 aliphatic rings. The Hall–Kier alpha value is -3.48. The number of aromatic nitrogens is 2. The van der Waals surface area contributed by atoms with Gasteiger partial charge in [0.15, 0.2) is 0 Å². The van der Waals surface area contributed by atoms with Gasteiger partial charge in [0.2, 0.25) is 0 Å². The SMILES string of the molecule is CO[C@@H](C[C@@H]1CC2CCCCC2=C([C@@H](NC(=O)N(C)Cc2csc(C(C)C)n2)C(C)C)N1)[C@H](Cc1ccccc1)NC(=O)OCc1cncs1. The van der Waals surface area contributed by atoms with Crippen LogP contribution in [0, 0.1) is 11.8 Å². The van der Waals surface area contributed by atoms with Crippen molar-refractivity contribution in [1.82, 2.24) is 30.8 Å². The van der Waals surface area contributed by atoms with Crippen LogP contribution in [0.2, 0.25) is 0 Å². The minimum Gasteiger partial charge on any atom is -0.444 e. The lowest BCUT2D eigenvalue weighted by Gasteiger charge is -2.43. The lowest BCUT2D eigenvalue weighted by molar-refractivity contribution is 0.0460. The van der Waals surface area contributed by atoms with Crippen molar-refractivity contribution in [3.8, 4) is 0 Å². The fraction of sp³-hybridized carbons (Fsp3) is 0.579. The fourth-order valence-corrected chi connectivity index (χ4v) is 8.47. The van der Waals surface area contributed by atoms with E-state index < -0.39 is 6.09 Å². The molecule has 3 aromatic rings. The first kappa shape index (κ1) is 37.8. The predicted molar refractivity (Wildman–Crippen MR) is 200 cm³/mol. The maximum Gasteiger partial charge on any atom is 0.407 e. The van der Waals surface area contributed by atoms with E-state index in [0.29, 0.717) is 31.2 Å². The summed E-state index contributed by atoms with van der Waals surface area (Å²) < 4.78 is 11.8. The molecule has 1 fully saturated rings. The predicted octanol–water partition coefficient (Wildman–Crippen LogP) is 7.64. The van der Waals surface area contributed by atoms with Crippen LogP contribution < -0.4 is 16.0 Å². The van der Waals surface area contributed by atoms with Crippen molar-refractivity contribution in [1.29, 1.82) is 0 Å². The summed E-state index contributed by atoms with van der Waals surface area (Å²) in [6.07, 6.45) is 7.81. The van der Waals surface area contributed by atoms with E-state index in [9.17, 15) is 9.59 Å². The summed E-state index contributed by atoms with van der Waals surface area (Å²) in [5.41, 5.74) is 6.36. The van der Waals surface area contributed by atoms with Crippen LogP contribution in [-0.2, 0) is 29.0 Å². The molecule has 5 rings (SSSR count). The molecule has 5 atom stereocenters. The number of hydrogen-bond donors (Lipinski definition) is 3. The highest BCUT2D eigenvalue weighted by atomic mass is 32.1. The maximum absolute atomic E-state index is 13.7. The topological polar surface area (TPSA) is 118 Å². The Morgan fingerprint density at radius 1 is 1.10 bits per heavy atom. The second-order valence-electron chi connectivity index (χ2n) is 14.3. The molecule has 10 nitrogen and oxygen atoms in total. The number of nitrogens with zero attached hydrogens (tertiary/aromatic N) is 3. The summed E-state index contributed by atoms with van der Waals surface area (Å²) in [5.74, 6) is 0.993. The zero-order chi connectivity index (χ0) is 35.6. The molecule has 3 N–H and O–H groups in total. The smallest absolute Gasteiger partial charge is 0.407 e. The number of urea groups is 1. The molecular weight excluding hydrogens is 669 g/mol. The fourth-order valence-electron chi connectivity index (χ4n) is 7.14. The summed E-state index contributed by atoms with van der Waals surface area (Å²) >= 11 is 3.11. The lowest BCUT2D eigenvalue weighted by atomic mass is 9.74. The molecule has 12 heteroatoms. The number of benzene rings is 1. The third-order valence-corrected chi connectivity index (χ3v) is 11.7. The third kappa shape index (κ3) is 10.3. The molecule has 0 bridgehead atoms. The molecule has 1 aromatic carbocycles. The van der Waals surface area contributed by atoms with Gasteiger partial charge >= 0.3 is 12.1 Å². The van der Waals surface area contributed by atoms with Gasteiger partial charge in [-0.1, -0.05) is 64.4 Å². The van der Waals surface area contributed by atoms with Crippen molar-refractivity contribution >= 4 is 34.8 Å². The van der Waals surface area contributed by atoms with E-state index in [4.69, 9.17) is 14.5 Å². The molecule has 0 spiro atoms. The van der Waals surface area contributed by atoms with Gasteiger partial charge in [0.1, 0.15) is 6.61 Å². The Morgan fingerprint density at radius 3 is 2.58 bits per heavy atom. The molecule has 3 amide bonds. The van der Waals surface area contributed by atoms with Gasteiger partial charge in [0, 0.05) is 43.4 Å². The van der Waals surface area contributed by atoms with Gasteiger partial charge in [0.25, 0.3) is 0 Å². The number of amides is 3. The van der Waals surface area contributed by atoms with Crippen LogP contribution in [0.4, 0.5) is 9.59 Å². The van der Waals surface area contributed by atoms with Gasteiger partial charge in [-0.15, -0.1) is 22.7 Å². The normalized spacial score (nSPS) is 19.4. The number of carbonyl (C=O) groups excluding carboxylic acids is 2. The second-order valence-corrected chi connectivity index (χ2v) is 16.2. The van der Waals surface area contributed by atoms with Crippen LogP contribution in [0.15, 0.2) is 58.7 Å². The van der Waals surface area contributed by atoms with Crippen molar-refractivity contribution in [3.05, 3.63) is 79.8 Å². The van der Waals surface area contributed by atoms with Gasteiger partial charge in [-0.25, -0.2) is 14.6 Å². The molecule has 1 aliphatic carbocycles. The Bertz CT molecular complexity index is 1540. The van der Waals surface area contributed by atoms with Gasteiger partial charge in [-0.3, -0.25) is 4.98 Å². The second kappa shape index (κ2) is 18.1. The van der Waals surface area contributed by atoms with Crippen LogP contribution in [0.3, 0.4) is 0 Å². The molecule has 50 heavy (non-hydrogen) atoms. The average Bonchev–Trinajstić information content (AvgIpc) is 3.81. The number of thiazole rings is 2. The number of nitrogens with one attached hydrogen (secondary N) is 3. The minimum atomic E-state index is -0.474. The van der Waals surface area contributed by atoms with Crippen LogP contribution in [0.25, 0.3) is 0 Å². The number of carbonyl (C=O) groups is 2. The standard InChI is InChI=1S/C38H54N6O4S2/c1-24(2)34(43-37(45)44(5)20-29-22-49-36(41-29)25(3)4)35-31-15-11-10-14-27(31)17-28(40-35)18-33(47-6)32(16-26-12-8-7-9-13-26)42-38(46)48-21-30-19-39-23-50-30/h7-9,12-13,19,22-25,27-28,32-34,40H,10-11,14-18,20-21H2,1-6H3,(H,42,46)(H,43,45)/t27?,28-,32-,33-,34-/m0/s1. The van der Waals surface area contributed by atoms with Crippen LogP contribution in [-0.4, -0.2) is 65.4 Å². The van der Waals surface area contributed by atoms with Crippen LogP contribution >= 0.6 is 22.7 Å².